The van der Waals surface area contributed by atoms with Crippen LogP contribution in [-0.2, 0) is 20.8 Å². The highest BCUT2D eigenvalue weighted by atomic mass is 16.5. The van der Waals surface area contributed by atoms with Crippen LogP contribution >= 0.6 is 0 Å². The first kappa shape index (κ1) is 15.9. The third-order valence-corrected chi connectivity index (χ3v) is 3.51. The van der Waals surface area contributed by atoms with Crippen LogP contribution in [0.4, 0.5) is 0 Å². The maximum atomic E-state index is 12.1. The number of esters is 1. The molecule has 0 bridgehead atoms. The first-order valence-electron chi connectivity index (χ1n) is 7.53. The van der Waals surface area contributed by atoms with Gasteiger partial charge in [0.25, 0.3) is 0 Å². The Labute approximate surface area is 126 Å². The van der Waals surface area contributed by atoms with E-state index < -0.39 is 0 Å². The molecule has 1 aromatic rings. The molecular weight excluding hydrogens is 268 g/mol. The molecule has 5 heteroatoms. The summed E-state index contributed by atoms with van der Waals surface area (Å²) in [7, 11) is 0. The van der Waals surface area contributed by atoms with Crippen molar-refractivity contribution in [1.29, 1.82) is 0 Å². The van der Waals surface area contributed by atoms with Crippen LogP contribution in [0.2, 0.25) is 0 Å². The lowest BCUT2D eigenvalue weighted by Crippen LogP contribution is -2.49. The number of nitrogens with one attached hydrogen (secondary N) is 1. The number of carbonyl (C=O) groups excluding carboxylic acids is 1. The third-order valence-electron chi connectivity index (χ3n) is 3.51. The molecule has 0 unspecified atom stereocenters. The molecule has 1 aliphatic rings. The molecule has 1 N–H and O–H groups in total. The molecule has 116 valence electrons. The Kier molecular flexibility index (Phi) is 6.66. The molecule has 0 spiro atoms. The van der Waals surface area contributed by atoms with Gasteiger partial charge in [-0.25, -0.2) is 0 Å². The van der Waals surface area contributed by atoms with E-state index in [9.17, 15) is 4.79 Å². The third kappa shape index (κ3) is 5.46. The number of carbonyl (C=O) groups is 1. The molecular formula is C16H24N2O3. The van der Waals surface area contributed by atoms with Crippen molar-refractivity contribution >= 4 is 5.97 Å². The summed E-state index contributed by atoms with van der Waals surface area (Å²) in [5.41, 5.74) is 1.16. The summed E-state index contributed by atoms with van der Waals surface area (Å²) in [6.45, 7) is 6.75. The van der Waals surface area contributed by atoms with Gasteiger partial charge in [0.05, 0.1) is 19.8 Å². The van der Waals surface area contributed by atoms with Gasteiger partial charge in [0, 0.05) is 26.2 Å². The summed E-state index contributed by atoms with van der Waals surface area (Å²) < 4.78 is 10.5. The Bertz CT molecular complexity index is 419. The van der Waals surface area contributed by atoms with Crippen molar-refractivity contribution in [3.05, 3.63) is 35.9 Å². The molecule has 1 aromatic carbocycles. The first-order chi connectivity index (χ1) is 10.3. The van der Waals surface area contributed by atoms with Crippen LogP contribution in [-0.4, -0.2) is 56.4 Å². The summed E-state index contributed by atoms with van der Waals surface area (Å²) in [6, 6.07) is 9.77. The highest BCUT2D eigenvalue weighted by Crippen LogP contribution is 2.03. The van der Waals surface area contributed by atoms with Crippen molar-refractivity contribution < 1.29 is 14.3 Å². The van der Waals surface area contributed by atoms with Crippen molar-refractivity contribution in [2.45, 2.75) is 19.5 Å². The van der Waals surface area contributed by atoms with E-state index in [-0.39, 0.29) is 12.0 Å². The van der Waals surface area contributed by atoms with E-state index >= 15 is 0 Å². The van der Waals surface area contributed by atoms with Gasteiger partial charge in [-0.3, -0.25) is 15.0 Å². The molecule has 0 aromatic heterocycles. The number of hydrogen-bond donors (Lipinski definition) is 1. The maximum Gasteiger partial charge on any atom is 0.324 e. The second-order valence-electron chi connectivity index (χ2n) is 5.08. The van der Waals surface area contributed by atoms with Gasteiger partial charge in [0.1, 0.15) is 6.04 Å². The van der Waals surface area contributed by atoms with Crippen molar-refractivity contribution in [1.82, 2.24) is 10.2 Å². The summed E-state index contributed by atoms with van der Waals surface area (Å²) >= 11 is 0. The molecule has 5 nitrogen and oxygen atoms in total. The quantitative estimate of drug-likeness (QED) is 0.761. The average molecular weight is 292 g/mol. The Morgan fingerprint density at radius 3 is 2.71 bits per heavy atom. The highest BCUT2D eigenvalue weighted by Gasteiger charge is 2.23. The summed E-state index contributed by atoms with van der Waals surface area (Å²) in [4.78, 5) is 14.3. The zero-order chi connectivity index (χ0) is 14.9. The largest absolute Gasteiger partial charge is 0.465 e. The van der Waals surface area contributed by atoms with E-state index in [1.165, 1.54) is 0 Å². The van der Waals surface area contributed by atoms with Crippen molar-refractivity contribution in [2.75, 3.05) is 39.5 Å². The fraction of sp³-hybridized carbons (Fsp3) is 0.562. The van der Waals surface area contributed by atoms with Gasteiger partial charge in [-0.05, 0) is 12.5 Å². The van der Waals surface area contributed by atoms with Crippen molar-refractivity contribution in [3.8, 4) is 0 Å². The first-order valence-corrected chi connectivity index (χ1v) is 7.53. The second-order valence-corrected chi connectivity index (χ2v) is 5.08. The van der Waals surface area contributed by atoms with Crippen LogP contribution in [0, 0.1) is 0 Å². The molecule has 0 aliphatic carbocycles. The van der Waals surface area contributed by atoms with Gasteiger partial charge in [0.2, 0.25) is 0 Å². The van der Waals surface area contributed by atoms with Crippen LogP contribution in [0.5, 0.6) is 0 Å². The number of morpholine rings is 1. The fourth-order valence-electron chi connectivity index (χ4n) is 2.34. The maximum absolute atomic E-state index is 12.1. The van der Waals surface area contributed by atoms with E-state index in [1.54, 1.807) is 0 Å². The minimum absolute atomic E-state index is 0.181. The Morgan fingerprint density at radius 2 is 2.05 bits per heavy atom. The number of nitrogens with zero attached hydrogens (tertiary/aromatic N) is 1. The highest BCUT2D eigenvalue weighted by molar-refractivity contribution is 5.76. The number of hydrogen-bond acceptors (Lipinski definition) is 5. The van der Waals surface area contributed by atoms with Gasteiger partial charge < -0.3 is 9.47 Å². The smallest absolute Gasteiger partial charge is 0.324 e. The second kappa shape index (κ2) is 8.77. The molecule has 1 fully saturated rings. The average Bonchev–Trinajstić information content (AvgIpc) is 2.53. The van der Waals surface area contributed by atoms with E-state index in [1.807, 2.05) is 37.3 Å². The Morgan fingerprint density at radius 1 is 1.33 bits per heavy atom. The molecule has 0 saturated carbocycles. The summed E-state index contributed by atoms with van der Waals surface area (Å²) in [6.07, 6.45) is 0. The van der Waals surface area contributed by atoms with Gasteiger partial charge >= 0.3 is 5.97 Å². The van der Waals surface area contributed by atoms with E-state index in [4.69, 9.17) is 9.47 Å². The van der Waals surface area contributed by atoms with Crippen LogP contribution in [0.25, 0.3) is 0 Å². The van der Waals surface area contributed by atoms with E-state index in [0.717, 1.165) is 31.9 Å². The van der Waals surface area contributed by atoms with Gasteiger partial charge in [-0.1, -0.05) is 30.3 Å². The van der Waals surface area contributed by atoms with Crippen LogP contribution in [0.1, 0.15) is 12.5 Å². The molecule has 21 heavy (non-hydrogen) atoms. The number of ether oxygens (including phenoxy) is 2. The fourth-order valence-corrected chi connectivity index (χ4v) is 2.34. The molecule has 0 amide bonds. The SMILES string of the molecule is CCOC(=O)[C@H](CN1CCOCC1)NCc1ccccc1. The minimum Gasteiger partial charge on any atom is -0.465 e. The molecule has 1 saturated heterocycles. The Balaban J connectivity index is 1.89. The zero-order valence-electron chi connectivity index (χ0n) is 12.6. The number of benzene rings is 1. The van der Waals surface area contributed by atoms with Crippen molar-refractivity contribution in [2.24, 2.45) is 0 Å². The number of rotatable bonds is 7. The lowest BCUT2D eigenvalue weighted by atomic mass is 10.2. The molecule has 0 radical (unpaired) electrons. The monoisotopic (exact) mass is 292 g/mol. The summed E-state index contributed by atoms with van der Waals surface area (Å²) in [5.74, 6) is -0.181. The Hall–Kier alpha value is -1.43. The normalized spacial score (nSPS) is 17.4. The van der Waals surface area contributed by atoms with E-state index in [2.05, 4.69) is 10.2 Å². The van der Waals surface area contributed by atoms with E-state index in [0.29, 0.717) is 19.7 Å². The van der Waals surface area contributed by atoms with Crippen LogP contribution in [0.15, 0.2) is 30.3 Å². The lowest BCUT2D eigenvalue weighted by molar-refractivity contribution is -0.146. The predicted octanol–water partition coefficient (Wildman–Crippen LogP) is 1.04. The van der Waals surface area contributed by atoms with Gasteiger partial charge in [-0.15, -0.1) is 0 Å². The van der Waals surface area contributed by atoms with Gasteiger partial charge in [0.15, 0.2) is 0 Å². The minimum atomic E-state index is -0.303. The summed E-state index contributed by atoms with van der Waals surface area (Å²) in [5, 5.41) is 3.31. The topological polar surface area (TPSA) is 50.8 Å². The van der Waals surface area contributed by atoms with Crippen LogP contribution < -0.4 is 5.32 Å². The molecule has 2 rings (SSSR count). The lowest BCUT2D eigenvalue weighted by Gasteiger charge is -2.30. The zero-order valence-corrected chi connectivity index (χ0v) is 12.6. The molecule has 1 aliphatic heterocycles. The molecule has 1 atom stereocenters. The van der Waals surface area contributed by atoms with Crippen LogP contribution in [0.3, 0.4) is 0 Å². The molecule has 1 heterocycles. The standard InChI is InChI=1S/C16H24N2O3/c1-2-21-16(19)15(13-18-8-10-20-11-9-18)17-12-14-6-4-3-5-7-14/h3-7,15,17H,2,8-13H2,1H3/t15-/m0/s1. The predicted molar refractivity (Wildman–Crippen MR) is 81.0 cm³/mol. The van der Waals surface area contributed by atoms with Gasteiger partial charge in [-0.2, -0.15) is 0 Å². The van der Waals surface area contributed by atoms with Crippen molar-refractivity contribution in [3.63, 3.8) is 0 Å².